The lowest BCUT2D eigenvalue weighted by atomic mass is 10.1. The molecule has 1 saturated heterocycles. The van der Waals surface area contributed by atoms with Gasteiger partial charge in [0.05, 0.1) is 6.54 Å². The van der Waals surface area contributed by atoms with Gasteiger partial charge in [-0.2, -0.15) is 0 Å². The maximum absolute atomic E-state index is 12.8. The number of nitrogens with one attached hydrogen (secondary N) is 2. The number of Topliss-reactive ketones (excluding diaryl/α,β-unsaturated/α-hetero) is 1. The fraction of sp³-hybridized carbons (Fsp3) is 0.308. The van der Waals surface area contributed by atoms with Gasteiger partial charge in [-0.1, -0.05) is 24.0 Å². The van der Waals surface area contributed by atoms with E-state index >= 15 is 0 Å². The molecule has 1 unspecified atom stereocenters. The Bertz CT molecular complexity index is 1130. The SMILES string of the molecule is CNC(=O)C(C(=O)CO)N(C)C(=O)c1ccc(C#Cc2ccc(CN3CCNC(=O)C3)cc2)cc1. The fourth-order valence-electron chi connectivity index (χ4n) is 3.70. The summed E-state index contributed by atoms with van der Waals surface area (Å²) in [5.74, 6) is 4.21. The Kier molecular flexibility index (Phi) is 8.73. The molecule has 9 nitrogen and oxygen atoms in total. The molecule has 1 aliphatic rings. The smallest absolute Gasteiger partial charge is 0.254 e. The van der Waals surface area contributed by atoms with Gasteiger partial charge >= 0.3 is 0 Å². The van der Waals surface area contributed by atoms with Crippen molar-refractivity contribution in [3.05, 3.63) is 70.8 Å². The van der Waals surface area contributed by atoms with Crippen molar-refractivity contribution in [2.45, 2.75) is 12.6 Å². The third-order valence-corrected chi connectivity index (χ3v) is 5.62. The molecule has 0 bridgehead atoms. The van der Waals surface area contributed by atoms with Crippen molar-refractivity contribution in [2.75, 3.05) is 40.3 Å². The van der Waals surface area contributed by atoms with Crippen molar-refractivity contribution in [1.82, 2.24) is 20.4 Å². The van der Waals surface area contributed by atoms with E-state index in [0.717, 1.165) is 22.6 Å². The summed E-state index contributed by atoms with van der Waals surface area (Å²) in [5.41, 5.74) is 2.92. The molecule has 0 aromatic heterocycles. The van der Waals surface area contributed by atoms with E-state index in [1.54, 1.807) is 24.3 Å². The van der Waals surface area contributed by atoms with Gasteiger partial charge < -0.3 is 20.6 Å². The molecule has 0 radical (unpaired) electrons. The fourth-order valence-corrected chi connectivity index (χ4v) is 3.70. The van der Waals surface area contributed by atoms with Crippen LogP contribution in [0.25, 0.3) is 0 Å². The van der Waals surface area contributed by atoms with Crippen LogP contribution >= 0.6 is 0 Å². The highest BCUT2D eigenvalue weighted by molar-refractivity contribution is 6.10. The van der Waals surface area contributed by atoms with Crippen molar-refractivity contribution in [3.63, 3.8) is 0 Å². The van der Waals surface area contributed by atoms with Gasteiger partial charge in [-0.05, 0) is 42.0 Å². The van der Waals surface area contributed by atoms with E-state index in [1.165, 1.54) is 14.1 Å². The molecule has 0 aliphatic carbocycles. The molecule has 1 fully saturated rings. The zero-order valence-electron chi connectivity index (χ0n) is 19.7. The van der Waals surface area contributed by atoms with Crippen LogP contribution in [0.15, 0.2) is 48.5 Å². The van der Waals surface area contributed by atoms with Gasteiger partial charge in [0.1, 0.15) is 6.61 Å². The minimum atomic E-state index is -1.41. The Morgan fingerprint density at radius 1 is 1.09 bits per heavy atom. The number of ketones is 1. The van der Waals surface area contributed by atoms with E-state index in [4.69, 9.17) is 5.11 Å². The predicted molar refractivity (Wildman–Crippen MR) is 129 cm³/mol. The number of carbonyl (C=O) groups excluding carboxylic acids is 4. The molecular formula is C26H28N4O5. The number of nitrogens with zero attached hydrogens (tertiary/aromatic N) is 2. The molecule has 3 N–H and O–H groups in total. The van der Waals surface area contributed by atoms with Crippen LogP contribution in [0.4, 0.5) is 0 Å². The van der Waals surface area contributed by atoms with Crippen molar-refractivity contribution >= 4 is 23.5 Å². The Morgan fingerprint density at radius 2 is 1.69 bits per heavy atom. The summed E-state index contributed by atoms with van der Waals surface area (Å²) in [6, 6.07) is 12.9. The first kappa shape index (κ1) is 25.6. The number of aliphatic hydroxyl groups excluding tert-OH is 1. The zero-order valence-corrected chi connectivity index (χ0v) is 19.7. The van der Waals surface area contributed by atoms with Crippen LogP contribution in [0.2, 0.25) is 0 Å². The molecule has 35 heavy (non-hydrogen) atoms. The highest BCUT2D eigenvalue weighted by Crippen LogP contribution is 2.11. The minimum absolute atomic E-state index is 0.0445. The Balaban J connectivity index is 1.64. The average molecular weight is 477 g/mol. The zero-order chi connectivity index (χ0) is 25.4. The van der Waals surface area contributed by atoms with E-state index in [9.17, 15) is 19.2 Å². The Labute approximate surface area is 204 Å². The molecule has 2 aromatic rings. The number of aliphatic hydroxyl groups is 1. The largest absolute Gasteiger partial charge is 0.388 e. The van der Waals surface area contributed by atoms with E-state index in [-0.39, 0.29) is 11.5 Å². The molecule has 1 aliphatic heterocycles. The summed E-state index contributed by atoms with van der Waals surface area (Å²) >= 11 is 0. The first-order chi connectivity index (χ1) is 16.8. The van der Waals surface area contributed by atoms with Crippen molar-refractivity contribution in [1.29, 1.82) is 0 Å². The highest BCUT2D eigenvalue weighted by Gasteiger charge is 2.32. The molecule has 0 spiro atoms. The van der Waals surface area contributed by atoms with Gasteiger partial charge in [-0.25, -0.2) is 0 Å². The summed E-state index contributed by atoms with van der Waals surface area (Å²) in [6.07, 6.45) is 0. The first-order valence-corrected chi connectivity index (χ1v) is 11.1. The van der Waals surface area contributed by atoms with Crippen LogP contribution in [0.3, 0.4) is 0 Å². The number of likely N-dealkylation sites (N-methyl/N-ethyl adjacent to an activating group) is 2. The summed E-state index contributed by atoms with van der Waals surface area (Å²) in [6.45, 7) is 1.75. The second-order valence-corrected chi connectivity index (χ2v) is 8.14. The van der Waals surface area contributed by atoms with Crippen LogP contribution in [-0.4, -0.2) is 84.8 Å². The molecule has 0 saturated carbocycles. The quantitative estimate of drug-likeness (QED) is 0.375. The van der Waals surface area contributed by atoms with Gasteiger partial charge in [-0.15, -0.1) is 0 Å². The Morgan fingerprint density at radius 3 is 2.23 bits per heavy atom. The van der Waals surface area contributed by atoms with Crippen molar-refractivity contribution in [2.24, 2.45) is 0 Å². The maximum Gasteiger partial charge on any atom is 0.254 e. The summed E-state index contributed by atoms with van der Waals surface area (Å²) in [4.78, 5) is 51.4. The number of hydrogen-bond donors (Lipinski definition) is 3. The lowest BCUT2D eigenvalue weighted by Gasteiger charge is -2.26. The monoisotopic (exact) mass is 476 g/mol. The molecule has 182 valence electrons. The second-order valence-electron chi connectivity index (χ2n) is 8.14. The van der Waals surface area contributed by atoms with Gasteiger partial charge in [-0.3, -0.25) is 24.1 Å². The lowest BCUT2D eigenvalue weighted by Crippen LogP contribution is -2.52. The van der Waals surface area contributed by atoms with Gasteiger partial charge in [0.15, 0.2) is 11.8 Å². The molecular weight excluding hydrogens is 448 g/mol. The second kappa shape index (κ2) is 11.9. The van der Waals surface area contributed by atoms with Crippen LogP contribution in [-0.2, 0) is 20.9 Å². The minimum Gasteiger partial charge on any atom is -0.388 e. The molecule has 1 atom stereocenters. The van der Waals surface area contributed by atoms with Crippen molar-refractivity contribution < 1.29 is 24.3 Å². The molecule has 3 rings (SSSR count). The Hall–Kier alpha value is -4.00. The number of piperazine rings is 1. The van der Waals surface area contributed by atoms with Crippen molar-refractivity contribution in [3.8, 4) is 11.8 Å². The van der Waals surface area contributed by atoms with Crippen LogP contribution < -0.4 is 10.6 Å². The molecule has 2 aromatic carbocycles. The van der Waals surface area contributed by atoms with Crippen LogP contribution in [0, 0.1) is 11.8 Å². The lowest BCUT2D eigenvalue weighted by molar-refractivity contribution is -0.135. The third kappa shape index (κ3) is 6.76. The summed E-state index contributed by atoms with van der Waals surface area (Å²) in [5, 5.41) is 14.3. The summed E-state index contributed by atoms with van der Waals surface area (Å²) in [7, 11) is 2.70. The maximum atomic E-state index is 12.8. The highest BCUT2D eigenvalue weighted by atomic mass is 16.3. The average Bonchev–Trinajstić information content (AvgIpc) is 2.88. The normalized spacial score (nSPS) is 14.2. The van der Waals surface area contributed by atoms with E-state index < -0.39 is 30.2 Å². The first-order valence-electron chi connectivity index (χ1n) is 11.1. The predicted octanol–water partition coefficient (Wildman–Crippen LogP) is -0.234. The third-order valence-electron chi connectivity index (χ3n) is 5.62. The van der Waals surface area contributed by atoms with E-state index in [1.807, 2.05) is 24.3 Å². The number of carbonyl (C=O) groups is 4. The van der Waals surface area contributed by atoms with E-state index in [0.29, 0.717) is 25.2 Å². The van der Waals surface area contributed by atoms with E-state index in [2.05, 4.69) is 27.4 Å². The summed E-state index contributed by atoms with van der Waals surface area (Å²) < 4.78 is 0. The topological polar surface area (TPSA) is 119 Å². The molecule has 9 heteroatoms. The van der Waals surface area contributed by atoms with Gasteiger partial charge in [0.2, 0.25) is 11.8 Å². The standard InChI is InChI=1S/C26H28N4O5/c1-27-25(34)24(22(32)17-31)29(2)26(35)21-11-9-19(10-12-21)4-3-18-5-7-20(8-6-18)15-30-14-13-28-23(33)16-30/h5-12,24,31H,13-17H2,1-2H3,(H,27,34)(H,28,33). The van der Waals surface area contributed by atoms with Gasteiger partial charge in [0.25, 0.3) is 5.91 Å². The van der Waals surface area contributed by atoms with Crippen LogP contribution in [0.1, 0.15) is 27.0 Å². The number of benzene rings is 2. The molecule has 3 amide bonds. The number of amides is 3. The number of rotatable bonds is 7. The number of hydrogen-bond acceptors (Lipinski definition) is 6. The van der Waals surface area contributed by atoms with Crippen LogP contribution in [0.5, 0.6) is 0 Å². The molecule has 1 heterocycles. The van der Waals surface area contributed by atoms with Gasteiger partial charge in [0, 0.05) is 50.4 Å².